The summed E-state index contributed by atoms with van der Waals surface area (Å²) in [6, 6.07) is 11.5. The Kier molecular flexibility index (Phi) is 6.96. The number of piperidine rings is 2. The quantitative estimate of drug-likeness (QED) is 0.466. The van der Waals surface area contributed by atoms with Gasteiger partial charge in [-0.3, -0.25) is 9.59 Å². The van der Waals surface area contributed by atoms with E-state index in [1.165, 1.54) is 47.7 Å². The molecule has 0 saturated carbocycles. The molecule has 2 aromatic carbocycles. The highest BCUT2D eigenvalue weighted by Gasteiger charge is 2.64. The number of methoxy groups -OCH3 is 1. The third kappa shape index (κ3) is 4.69. The van der Waals surface area contributed by atoms with Gasteiger partial charge in [-0.2, -0.15) is 13.2 Å². The van der Waals surface area contributed by atoms with Gasteiger partial charge in [0.15, 0.2) is 0 Å². The number of aromatic nitrogens is 1. The molecule has 2 aliphatic rings. The zero-order chi connectivity index (χ0) is 27.8. The first kappa shape index (κ1) is 26.9. The van der Waals surface area contributed by atoms with E-state index in [2.05, 4.69) is 10.5 Å². The van der Waals surface area contributed by atoms with Gasteiger partial charge in [-0.15, -0.1) is 0 Å². The molecule has 1 aromatic heterocycles. The summed E-state index contributed by atoms with van der Waals surface area (Å²) < 4.78 is 67.7. The van der Waals surface area contributed by atoms with Gasteiger partial charge >= 0.3 is 6.18 Å². The van der Waals surface area contributed by atoms with Gasteiger partial charge in [-0.05, 0) is 47.6 Å². The molecule has 0 unspecified atom stereocenters. The lowest BCUT2D eigenvalue weighted by atomic mass is 9.62. The minimum absolute atomic E-state index is 0.0103. The second kappa shape index (κ2) is 10.1. The van der Waals surface area contributed by atoms with Crippen LogP contribution in [0.3, 0.4) is 0 Å². The van der Waals surface area contributed by atoms with Crippen molar-refractivity contribution in [3.8, 4) is 11.1 Å². The van der Waals surface area contributed by atoms with Crippen LogP contribution in [0.25, 0.3) is 11.1 Å². The van der Waals surface area contributed by atoms with Gasteiger partial charge in [-0.25, -0.2) is 4.39 Å². The van der Waals surface area contributed by atoms with Gasteiger partial charge in [0.05, 0.1) is 6.20 Å². The molecule has 3 aromatic rings. The Labute approximate surface area is 222 Å². The Morgan fingerprint density at radius 2 is 1.85 bits per heavy atom. The van der Waals surface area contributed by atoms with Crippen LogP contribution in [0, 0.1) is 11.2 Å². The number of alkyl halides is 3. The lowest BCUT2D eigenvalue weighted by Gasteiger charge is -2.50. The summed E-state index contributed by atoms with van der Waals surface area (Å²) in [6.45, 7) is 0.352. The highest BCUT2D eigenvalue weighted by Crippen LogP contribution is 2.50. The normalized spacial score (nSPS) is 20.9. The number of halogens is 4. The molecule has 0 aliphatic carbocycles. The number of likely N-dealkylation sites (tertiary alicyclic amines) is 1. The van der Waals surface area contributed by atoms with Crippen molar-refractivity contribution < 1.29 is 36.4 Å². The van der Waals surface area contributed by atoms with E-state index < -0.39 is 23.1 Å². The van der Waals surface area contributed by atoms with Crippen LogP contribution in [0.2, 0.25) is 0 Å². The second-order valence-electron chi connectivity index (χ2n) is 10.1. The zero-order valence-electron chi connectivity index (χ0n) is 21.1. The molecule has 2 aliphatic heterocycles. The van der Waals surface area contributed by atoms with Crippen LogP contribution < -0.4 is 5.32 Å². The summed E-state index contributed by atoms with van der Waals surface area (Å²) in [5, 5.41) is 6.45. The fraction of sp³-hybridized carbons (Fsp3) is 0.393. The molecule has 1 N–H and O–H groups in total. The highest BCUT2D eigenvalue weighted by atomic mass is 19.4. The maximum atomic E-state index is 14.8. The van der Waals surface area contributed by atoms with Gasteiger partial charge < -0.3 is 19.5 Å². The van der Waals surface area contributed by atoms with Crippen LogP contribution in [0.15, 0.2) is 65.5 Å². The summed E-state index contributed by atoms with van der Waals surface area (Å²) in [5.41, 5.74) is -2.48. The van der Waals surface area contributed by atoms with Crippen molar-refractivity contribution >= 4 is 11.8 Å². The van der Waals surface area contributed by atoms with Crippen molar-refractivity contribution in [3.63, 3.8) is 0 Å². The molecule has 11 heteroatoms. The molecule has 2 fully saturated rings. The molecule has 2 saturated heterocycles. The van der Waals surface area contributed by atoms with E-state index in [1.807, 2.05) is 0 Å². The summed E-state index contributed by atoms with van der Waals surface area (Å²) in [5.74, 6) is -1.92. The Balaban J connectivity index is 1.45. The van der Waals surface area contributed by atoms with Crippen molar-refractivity contribution in [1.29, 1.82) is 0 Å². The van der Waals surface area contributed by atoms with Crippen molar-refractivity contribution in [2.75, 3.05) is 26.7 Å². The molecule has 2 amide bonds. The van der Waals surface area contributed by atoms with Crippen molar-refractivity contribution in [2.24, 2.45) is 5.41 Å². The van der Waals surface area contributed by atoms with Gasteiger partial charge in [0, 0.05) is 50.2 Å². The molecule has 2 atom stereocenters. The molecule has 0 radical (unpaired) electrons. The number of ether oxygens (including phenoxy) is 1. The topological polar surface area (TPSA) is 84.7 Å². The summed E-state index contributed by atoms with van der Waals surface area (Å²) in [7, 11) is 0.874. The summed E-state index contributed by atoms with van der Waals surface area (Å²) in [4.78, 5) is 27.3. The first-order valence-electron chi connectivity index (χ1n) is 12.5. The lowest BCUT2D eigenvalue weighted by Crippen LogP contribution is -2.60. The number of hydrogen-bond donors (Lipinski definition) is 1. The molecule has 1 spiro atoms. The lowest BCUT2D eigenvalue weighted by molar-refractivity contribution is -0.271. The van der Waals surface area contributed by atoms with E-state index >= 15 is 0 Å². The first-order chi connectivity index (χ1) is 18.6. The number of nitrogens with one attached hydrogen (secondary N) is 1. The molecule has 5 rings (SSSR count). The smallest absolute Gasteiger partial charge is 0.364 e. The number of hydrogen-bond acceptors (Lipinski definition) is 5. The minimum atomic E-state index is -5.07. The maximum Gasteiger partial charge on any atom is 0.430 e. The number of carbonyl (C=O) groups is 2. The average Bonchev–Trinajstić information content (AvgIpc) is 3.45. The standard InChI is InChI=1S/C28H27F4N3O4/c1-38-27(28(30,31)32,21-4-2-3-19(13-21)20-15-34-39-17-20)25(37)35-11-9-26(10-12-35)14-24(36)33-16-23(26)18-5-7-22(29)8-6-18/h2-8,13,15,17,23H,9-12,14,16H2,1H3,(H,33,36)/t23-,27+/m0/s1. The van der Waals surface area contributed by atoms with Crippen LogP contribution in [0.5, 0.6) is 0 Å². The first-order valence-corrected chi connectivity index (χ1v) is 12.5. The van der Waals surface area contributed by atoms with Crippen LogP contribution in [-0.2, 0) is 19.9 Å². The van der Waals surface area contributed by atoms with Crippen molar-refractivity contribution in [3.05, 3.63) is 77.9 Å². The van der Waals surface area contributed by atoms with Crippen molar-refractivity contribution in [2.45, 2.75) is 37.0 Å². The predicted molar refractivity (Wildman–Crippen MR) is 132 cm³/mol. The summed E-state index contributed by atoms with van der Waals surface area (Å²) in [6.07, 6.45) is -1.61. The number of carbonyl (C=O) groups excluding carboxylic acids is 2. The fourth-order valence-corrected chi connectivity index (χ4v) is 6.00. The van der Waals surface area contributed by atoms with Gasteiger partial charge in [0.2, 0.25) is 5.91 Å². The Morgan fingerprint density at radius 1 is 1.13 bits per heavy atom. The number of nitrogens with zero attached hydrogens (tertiary/aromatic N) is 2. The summed E-state index contributed by atoms with van der Waals surface area (Å²) >= 11 is 0. The highest BCUT2D eigenvalue weighted by molar-refractivity contribution is 5.88. The second-order valence-corrected chi connectivity index (χ2v) is 10.1. The number of benzene rings is 2. The Bertz CT molecular complexity index is 1340. The number of rotatable bonds is 5. The fourth-order valence-electron chi connectivity index (χ4n) is 6.00. The van der Waals surface area contributed by atoms with Crippen LogP contribution >= 0.6 is 0 Å². The molecule has 3 heterocycles. The third-order valence-electron chi connectivity index (χ3n) is 8.12. The Hall–Kier alpha value is -3.73. The SMILES string of the molecule is CO[C@@](C(=O)N1CCC2(CC1)CC(=O)NC[C@H]2c1ccc(F)cc1)(c1cccc(-c2cnoc2)c1)C(F)(F)F. The van der Waals surface area contributed by atoms with Gasteiger partial charge in [-0.1, -0.05) is 35.5 Å². The van der Waals surface area contributed by atoms with E-state index in [0.29, 0.717) is 30.5 Å². The predicted octanol–water partition coefficient (Wildman–Crippen LogP) is 4.80. The minimum Gasteiger partial charge on any atom is -0.364 e. The van der Waals surface area contributed by atoms with E-state index in [-0.39, 0.29) is 42.7 Å². The van der Waals surface area contributed by atoms with Gasteiger partial charge in [0.25, 0.3) is 11.5 Å². The van der Waals surface area contributed by atoms with Crippen molar-refractivity contribution in [1.82, 2.24) is 15.4 Å². The van der Waals surface area contributed by atoms with Gasteiger partial charge in [0.1, 0.15) is 12.1 Å². The molecule has 7 nitrogen and oxygen atoms in total. The number of amides is 2. The van der Waals surface area contributed by atoms with E-state index in [1.54, 1.807) is 18.2 Å². The Morgan fingerprint density at radius 3 is 2.46 bits per heavy atom. The van der Waals surface area contributed by atoms with E-state index in [4.69, 9.17) is 9.26 Å². The largest absolute Gasteiger partial charge is 0.430 e. The monoisotopic (exact) mass is 545 g/mol. The molecule has 0 bridgehead atoms. The van der Waals surface area contributed by atoms with E-state index in [9.17, 15) is 27.2 Å². The zero-order valence-corrected chi connectivity index (χ0v) is 21.1. The molecular weight excluding hydrogens is 518 g/mol. The van der Waals surface area contributed by atoms with Crippen LogP contribution in [0.4, 0.5) is 17.6 Å². The van der Waals surface area contributed by atoms with E-state index in [0.717, 1.165) is 12.7 Å². The third-order valence-corrected chi connectivity index (χ3v) is 8.12. The maximum absolute atomic E-state index is 14.8. The average molecular weight is 546 g/mol. The van der Waals surface area contributed by atoms with Crippen LogP contribution in [-0.4, -0.2) is 54.8 Å². The molecule has 206 valence electrons. The van der Waals surface area contributed by atoms with Crippen LogP contribution in [0.1, 0.15) is 36.3 Å². The molecule has 39 heavy (non-hydrogen) atoms. The molecular formula is C28H27F4N3O4.